The molecule has 0 unspecified atom stereocenters. The van der Waals surface area contributed by atoms with Gasteiger partial charge in [-0.15, -0.1) is 0 Å². The Morgan fingerprint density at radius 2 is 1.72 bits per heavy atom. The van der Waals surface area contributed by atoms with Gasteiger partial charge in [-0.1, -0.05) is 12.1 Å². The van der Waals surface area contributed by atoms with Gasteiger partial charge in [0.15, 0.2) is 0 Å². The van der Waals surface area contributed by atoms with E-state index in [4.69, 9.17) is 0 Å². The van der Waals surface area contributed by atoms with Crippen LogP contribution in [0.2, 0.25) is 0 Å². The number of hydrogen-bond acceptors (Lipinski definition) is 5. The minimum atomic E-state index is -3.98. The van der Waals surface area contributed by atoms with Crippen LogP contribution in [0.5, 0.6) is 0 Å². The molecule has 36 heavy (non-hydrogen) atoms. The van der Waals surface area contributed by atoms with Crippen molar-refractivity contribution in [3.8, 4) is 0 Å². The first kappa shape index (κ1) is 24.2. The minimum absolute atomic E-state index is 0.00725. The van der Waals surface area contributed by atoms with Gasteiger partial charge >= 0.3 is 0 Å². The third kappa shape index (κ3) is 5.05. The van der Waals surface area contributed by atoms with Crippen molar-refractivity contribution in [3.63, 3.8) is 0 Å². The topological polar surface area (TPSA) is 101 Å². The average molecular weight is 511 g/mol. The molecule has 0 spiro atoms. The van der Waals surface area contributed by atoms with Crippen molar-refractivity contribution in [1.29, 1.82) is 0 Å². The summed E-state index contributed by atoms with van der Waals surface area (Å²) in [5.41, 5.74) is 2.09. The monoisotopic (exact) mass is 510 g/mol. The van der Waals surface area contributed by atoms with Crippen LogP contribution < -0.4 is 15.6 Å². The van der Waals surface area contributed by atoms with Crippen LogP contribution in [0.15, 0.2) is 70.4 Å². The largest absolute Gasteiger partial charge is 0.326 e. The Hall–Kier alpha value is -3.50. The van der Waals surface area contributed by atoms with Gasteiger partial charge in [-0.05, 0) is 66.4 Å². The van der Waals surface area contributed by atoms with Crippen LogP contribution >= 0.6 is 0 Å². The molecule has 10 heteroatoms. The summed E-state index contributed by atoms with van der Waals surface area (Å²) in [4.78, 5) is 26.8. The van der Waals surface area contributed by atoms with Gasteiger partial charge < -0.3 is 9.88 Å². The molecular weight excluding hydrogens is 483 g/mol. The molecule has 3 heterocycles. The van der Waals surface area contributed by atoms with Gasteiger partial charge in [-0.25, -0.2) is 12.8 Å². The van der Waals surface area contributed by atoms with Crippen LogP contribution in [-0.4, -0.2) is 36.9 Å². The molecule has 0 saturated carbocycles. The summed E-state index contributed by atoms with van der Waals surface area (Å²) in [7, 11) is -3.98. The molecule has 2 bridgehead atoms. The highest BCUT2D eigenvalue weighted by atomic mass is 32.2. The molecule has 0 radical (unpaired) electrons. The SMILES string of the molecule is CC(=O)Nc1ccc(S(=O)(=O)Nc2ccc3n(c2=O)C[C@@H]2C[C@@H]3CN(Cc3ccc(F)cc3)C2)cc1. The number of rotatable bonds is 6. The number of benzene rings is 2. The number of carbonyl (C=O) groups is 1. The summed E-state index contributed by atoms with van der Waals surface area (Å²) in [5, 5.41) is 2.59. The molecule has 1 fully saturated rings. The van der Waals surface area contributed by atoms with Crippen LogP contribution in [0, 0.1) is 11.7 Å². The van der Waals surface area contributed by atoms with Crippen molar-refractivity contribution in [2.24, 2.45) is 5.92 Å². The molecule has 8 nitrogen and oxygen atoms in total. The molecule has 1 saturated heterocycles. The van der Waals surface area contributed by atoms with Crippen molar-refractivity contribution in [2.75, 3.05) is 23.1 Å². The van der Waals surface area contributed by atoms with E-state index < -0.39 is 10.0 Å². The summed E-state index contributed by atoms with van der Waals surface area (Å²) in [5.74, 6) is -0.0784. The molecule has 1 amide bonds. The van der Waals surface area contributed by atoms with Crippen LogP contribution in [0.3, 0.4) is 0 Å². The molecule has 1 aromatic heterocycles. The highest BCUT2D eigenvalue weighted by Crippen LogP contribution is 2.36. The molecule has 0 aliphatic carbocycles. The average Bonchev–Trinajstić information content (AvgIpc) is 2.82. The van der Waals surface area contributed by atoms with Gasteiger partial charge in [0.25, 0.3) is 15.6 Å². The highest BCUT2D eigenvalue weighted by molar-refractivity contribution is 7.92. The number of pyridine rings is 1. The number of amides is 1. The van der Waals surface area contributed by atoms with E-state index in [9.17, 15) is 22.4 Å². The normalized spacial score (nSPS) is 19.4. The number of sulfonamides is 1. The number of aromatic nitrogens is 1. The van der Waals surface area contributed by atoms with Crippen molar-refractivity contribution in [3.05, 3.63) is 88.1 Å². The second-order valence-corrected chi connectivity index (χ2v) is 11.2. The maximum Gasteiger partial charge on any atom is 0.275 e. The fourth-order valence-corrected chi connectivity index (χ4v) is 6.28. The zero-order valence-corrected chi connectivity index (χ0v) is 20.6. The van der Waals surface area contributed by atoms with E-state index in [2.05, 4.69) is 14.9 Å². The zero-order valence-electron chi connectivity index (χ0n) is 19.8. The molecule has 2 aromatic carbocycles. The number of halogens is 1. The molecule has 2 aliphatic rings. The standard InChI is InChI=1S/C26H27FN4O4S/c1-17(32)28-22-6-8-23(9-7-22)36(34,35)29-24-10-11-25-20-12-19(15-31(25)26(24)33)14-30(16-20)13-18-2-4-21(27)5-3-18/h2-11,19-20,29H,12-16H2,1H3,(H,28,32)/t19-,20-/m1/s1. The molecule has 5 rings (SSSR count). The van der Waals surface area contributed by atoms with E-state index in [1.165, 1.54) is 49.4 Å². The number of piperidine rings is 1. The first-order valence-corrected chi connectivity index (χ1v) is 13.3. The van der Waals surface area contributed by atoms with E-state index >= 15 is 0 Å². The van der Waals surface area contributed by atoms with Gasteiger partial charge in [0.1, 0.15) is 11.5 Å². The Balaban J connectivity index is 1.33. The number of fused-ring (bicyclic) bond motifs is 4. The van der Waals surface area contributed by atoms with E-state index in [1.807, 2.05) is 6.07 Å². The number of nitrogens with zero attached hydrogens (tertiary/aromatic N) is 2. The lowest BCUT2D eigenvalue weighted by molar-refractivity contribution is -0.114. The third-order valence-corrected chi connectivity index (χ3v) is 8.11. The molecule has 2 atom stereocenters. The second kappa shape index (κ2) is 9.51. The van der Waals surface area contributed by atoms with Crippen molar-refractivity contribution < 1.29 is 17.6 Å². The van der Waals surface area contributed by atoms with Gasteiger partial charge in [0.2, 0.25) is 5.91 Å². The van der Waals surface area contributed by atoms with E-state index in [0.29, 0.717) is 12.2 Å². The van der Waals surface area contributed by atoms with E-state index in [1.54, 1.807) is 16.7 Å². The van der Waals surface area contributed by atoms with Crippen LogP contribution in [0.25, 0.3) is 0 Å². The van der Waals surface area contributed by atoms with Gasteiger partial charge in [0, 0.05) is 50.4 Å². The Kier molecular flexibility index (Phi) is 6.40. The van der Waals surface area contributed by atoms with Crippen LogP contribution in [0.1, 0.15) is 30.5 Å². The Bertz CT molecular complexity index is 1450. The Morgan fingerprint density at radius 3 is 2.42 bits per heavy atom. The highest BCUT2D eigenvalue weighted by Gasteiger charge is 2.35. The second-order valence-electron chi connectivity index (χ2n) is 9.52. The van der Waals surface area contributed by atoms with Crippen LogP contribution in [0.4, 0.5) is 15.8 Å². The molecule has 3 aromatic rings. The number of likely N-dealkylation sites (tertiary alicyclic amines) is 1. The van der Waals surface area contributed by atoms with Gasteiger partial charge in [-0.2, -0.15) is 0 Å². The van der Waals surface area contributed by atoms with Crippen molar-refractivity contribution in [1.82, 2.24) is 9.47 Å². The van der Waals surface area contributed by atoms with Gasteiger partial charge in [0.05, 0.1) is 4.90 Å². The Labute approximate surface area is 208 Å². The van der Waals surface area contributed by atoms with E-state index in [0.717, 1.165) is 37.3 Å². The first-order chi connectivity index (χ1) is 17.2. The lowest BCUT2D eigenvalue weighted by Gasteiger charge is -2.43. The predicted molar refractivity (Wildman–Crippen MR) is 135 cm³/mol. The quantitative estimate of drug-likeness (QED) is 0.530. The number of anilines is 2. The third-order valence-electron chi connectivity index (χ3n) is 6.73. The minimum Gasteiger partial charge on any atom is -0.326 e. The smallest absolute Gasteiger partial charge is 0.275 e. The summed E-state index contributed by atoms with van der Waals surface area (Å²) in [6.45, 7) is 4.20. The lowest BCUT2D eigenvalue weighted by atomic mass is 9.83. The fourth-order valence-electron chi connectivity index (χ4n) is 5.22. The first-order valence-electron chi connectivity index (χ1n) is 11.8. The number of hydrogen-bond donors (Lipinski definition) is 2. The maximum atomic E-state index is 13.3. The van der Waals surface area contributed by atoms with E-state index in [-0.39, 0.29) is 39.7 Å². The van der Waals surface area contributed by atoms with Gasteiger partial charge in [-0.3, -0.25) is 19.2 Å². The summed E-state index contributed by atoms with van der Waals surface area (Å²) in [6, 6.07) is 15.6. The predicted octanol–water partition coefficient (Wildman–Crippen LogP) is 3.37. The number of nitrogens with one attached hydrogen (secondary N) is 2. The zero-order chi connectivity index (χ0) is 25.4. The molecule has 2 aliphatic heterocycles. The summed E-state index contributed by atoms with van der Waals surface area (Å²) < 4.78 is 43.2. The fraction of sp³-hybridized carbons (Fsp3) is 0.308. The molecular formula is C26H27FN4O4S. The van der Waals surface area contributed by atoms with Crippen LogP contribution in [-0.2, 0) is 27.9 Å². The lowest BCUT2D eigenvalue weighted by Crippen LogP contribution is -2.47. The molecule has 2 N–H and O–H groups in total. The molecule has 188 valence electrons. The maximum absolute atomic E-state index is 13.3. The summed E-state index contributed by atoms with van der Waals surface area (Å²) in [6.07, 6.45) is 0.977. The van der Waals surface area contributed by atoms with Crippen molar-refractivity contribution in [2.45, 2.75) is 37.2 Å². The summed E-state index contributed by atoms with van der Waals surface area (Å²) >= 11 is 0. The number of carbonyl (C=O) groups excluding carboxylic acids is 1. The Morgan fingerprint density at radius 1 is 1.00 bits per heavy atom. The van der Waals surface area contributed by atoms with Crippen molar-refractivity contribution >= 4 is 27.3 Å².